The van der Waals surface area contributed by atoms with Crippen LogP contribution in [0.1, 0.15) is 58.8 Å². The first kappa shape index (κ1) is 16.8. The molecule has 0 aromatic heterocycles. The lowest BCUT2D eigenvalue weighted by Gasteiger charge is -2.34. The molecule has 116 valence electrons. The summed E-state index contributed by atoms with van der Waals surface area (Å²) < 4.78 is 0. The van der Waals surface area contributed by atoms with Crippen LogP contribution in [0.5, 0.6) is 0 Å². The van der Waals surface area contributed by atoms with Crippen molar-refractivity contribution in [2.24, 2.45) is 5.41 Å². The SMILES string of the molecule is CCCCN(CC)C(=O)NCC1(C(=O)O)CCCCC1. The highest BCUT2D eigenvalue weighted by Crippen LogP contribution is 2.36. The molecule has 0 aromatic carbocycles. The van der Waals surface area contributed by atoms with Gasteiger partial charge in [-0.25, -0.2) is 4.79 Å². The summed E-state index contributed by atoms with van der Waals surface area (Å²) in [6.07, 6.45) is 6.34. The fraction of sp³-hybridized carbons (Fsp3) is 0.867. The Morgan fingerprint density at radius 1 is 1.20 bits per heavy atom. The number of carbonyl (C=O) groups is 2. The van der Waals surface area contributed by atoms with Gasteiger partial charge in [0.25, 0.3) is 0 Å². The number of carboxylic acids is 1. The zero-order valence-corrected chi connectivity index (χ0v) is 12.8. The molecule has 5 heteroatoms. The highest BCUT2D eigenvalue weighted by Gasteiger charge is 2.39. The van der Waals surface area contributed by atoms with E-state index < -0.39 is 11.4 Å². The van der Waals surface area contributed by atoms with Gasteiger partial charge in [0.2, 0.25) is 0 Å². The molecule has 0 aliphatic heterocycles. The fourth-order valence-electron chi connectivity index (χ4n) is 2.80. The quantitative estimate of drug-likeness (QED) is 0.755. The van der Waals surface area contributed by atoms with Crippen LogP contribution >= 0.6 is 0 Å². The molecule has 0 spiro atoms. The van der Waals surface area contributed by atoms with Gasteiger partial charge in [-0.2, -0.15) is 0 Å². The summed E-state index contributed by atoms with van der Waals surface area (Å²) in [4.78, 5) is 25.4. The van der Waals surface area contributed by atoms with Crippen LogP contribution in [0.25, 0.3) is 0 Å². The standard InChI is InChI=1S/C15H28N2O3/c1-3-5-11-17(4-2)14(20)16-12-15(13(18)19)9-7-6-8-10-15/h3-12H2,1-2H3,(H,16,20)(H,18,19). The Hall–Kier alpha value is -1.26. The monoisotopic (exact) mass is 284 g/mol. The lowest BCUT2D eigenvalue weighted by Crippen LogP contribution is -2.48. The van der Waals surface area contributed by atoms with Crippen molar-refractivity contribution in [2.45, 2.75) is 58.8 Å². The summed E-state index contributed by atoms with van der Waals surface area (Å²) in [5, 5.41) is 12.3. The minimum Gasteiger partial charge on any atom is -0.481 e. The molecule has 1 aliphatic rings. The first-order chi connectivity index (χ1) is 9.55. The minimum absolute atomic E-state index is 0.132. The molecule has 1 fully saturated rings. The number of amides is 2. The van der Waals surface area contributed by atoms with Gasteiger partial charge in [-0.3, -0.25) is 4.79 Å². The van der Waals surface area contributed by atoms with E-state index in [2.05, 4.69) is 12.2 Å². The van der Waals surface area contributed by atoms with E-state index in [9.17, 15) is 14.7 Å². The molecule has 20 heavy (non-hydrogen) atoms. The molecule has 1 rings (SSSR count). The van der Waals surface area contributed by atoms with E-state index in [0.717, 1.165) is 38.6 Å². The summed E-state index contributed by atoms with van der Waals surface area (Å²) >= 11 is 0. The maximum absolute atomic E-state index is 12.1. The molecule has 0 aromatic rings. The summed E-state index contributed by atoms with van der Waals surface area (Å²) in [5.41, 5.74) is -0.752. The summed E-state index contributed by atoms with van der Waals surface area (Å²) in [7, 11) is 0. The number of hydrogen-bond acceptors (Lipinski definition) is 2. The molecule has 0 bridgehead atoms. The molecular weight excluding hydrogens is 256 g/mol. The number of urea groups is 1. The van der Waals surface area contributed by atoms with E-state index >= 15 is 0 Å². The smallest absolute Gasteiger partial charge is 0.317 e. The van der Waals surface area contributed by atoms with Crippen LogP contribution in [-0.2, 0) is 4.79 Å². The van der Waals surface area contributed by atoms with Gasteiger partial charge in [0, 0.05) is 19.6 Å². The Kier molecular flexibility index (Phi) is 6.82. The molecule has 5 nitrogen and oxygen atoms in total. The zero-order chi connectivity index (χ0) is 15.0. The van der Waals surface area contributed by atoms with Crippen LogP contribution in [0.2, 0.25) is 0 Å². The van der Waals surface area contributed by atoms with Gasteiger partial charge in [-0.05, 0) is 26.2 Å². The van der Waals surface area contributed by atoms with Gasteiger partial charge in [0.05, 0.1) is 5.41 Å². The molecule has 0 unspecified atom stereocenters. The Bertz CT molecular complexity index is 325. The van der Waals surface area contributed by atoms with E-state index in [-0.39, 0.29) is 12.6 Å². The fourth-order valence-corrected chi connectivity index (χ4v) is 2.80. The number of nitrogens with zero attached hydrogens (tertiary/aromatic N) is 1. The van der Waals surface area contributed by atoms with Gasteiger partial charge in [0.15, 0.2) is 0 Å². The number of rotatable bonds is 7. The highest BCUT2D eigenvalue weighted by atomic mass is 16.4. The van der Waals surface area contributed by atoms with Crippen molar-refractivity contribution in [1.82, 2.24) is 10.2 Å². The zero-order valence-electron chi connectivity index (χ0n) is 12.8. The maximum atomic E-state index is 12.1. The molecule has 2 amide bonds. The number of aliphatic carboxylic acids is 1. The second kappa shape index (κ2) is 8.12. The van der Waals surface area contributed by atoms with Crippen LogP contribution in [0.4, 0.5) is 4.79 Å². The van der Waals surface area contributed by atoms with Crippen molar-refractivity contribution >= 4 is 12.0 Å². The van der Waals surface area contributed by atoms with Crippen LogP contribution in [-0.4, -0.2) is 41.6 Å². The molecule has 0 saturated heterocycles. The Morgan fingerprint density at radius 3 is 2.35 bits per heavy atom. The summed E-state index contributed by atoms with van der Waals surface area (Å²) in [6, 6.07) is -0.132. The van der Waals surface area contributed by atoms with Gasteiger partial charge < -0.3 is 15.3 Å². The highest BCUT2D eigenvalue weighted by molar-refractivity contribution is 5.78. The van der Waals surface area contributed by atoms with Crippen LogP contribution in [0.3, 0.4) is 0 Å². The van der Waals surface area contributed by atoms with E-state index in [0.29, 0.717) is 19.4 Å². The summed E-state index contributed by atoms with van der Waals surface area (Å²) in [6.45, 7) is 5.69. The van der Waals surface area contributed by atoms with E-state index in [1.54, 1.807) is 4.90 Å². The molecule has 2 N–H and O–H groups in total. The topological polar surface area (TPSA) is 69.6 Å². The molecule has 0 heterocycles. The number of carbonyl (C=O) groups excluding carboxylic acids is 1. The second-order valence-corrected chi connectivity index (χ2v) is 5.74. The molecule has 0 atom stereocenters. The predicted octanol–water partition coefficient (Wildman–Crippen LogP) is 2.85. The van der Waals surface area contributed by atoms with Crippen LogP contribution in [0, 0.1) is 5.41 Å². The first-order valence-corrected chi connectivity index (χ1v) is 7.82. The van der Waals surface area contributed by atoms with Crippen molar-refractivity contribution in [2.75, 3.05) is 19.6 Å². The van der Waals surface area contributed by atoms with Crippen LogP contribution < -0.4 is 5.32 Å². The Balaban J connectivity index is 2.53. The number of hydrogen-bond donors (Lipinski definition) is 2. The lowest BCUT2D eigenvalue weighted by atomic mass is 9.74. The third-order valence-electron chi connectivity index (χ3n) is 4.29. The summed E-state index contributed by atoms with van der Waals surface area (Å²) in [5.74, 6) is -0.769. The first-order valence-electron chi connectivity index (χ1n) is 7.82. The van der Waals surface area contributed by atoms with E-state index in [1.807, 2.05) is 6.92 Å². The average molecular weight is 284 g/mol. The normalized spacial score (nSPS) is 17.5. The molecular formula is C15H28N2O3. The minimum atomic E-state index is -0.769. The third-order valence-corrected chi connectivity index (χ3v) is 4.29. The molecule has 1 saturated carbocycles. The largest absolute Gasteiger partial charge is 0.481 e. The number of carboxylic acid groups (broad SMARTS) is 1. The lowest BCUT2D eigenvalue weighted by molar-refractivity contribution is -0.150. The van der Waals surface area contributed by atoms with Gasteiger partial charge in [-0.1, -0.05) is 32.6 Å². The Morgan fingerprint density at radius 2 is 1.85 bits per heavy atom. The molecule has 0 radical (unpaired) electrons. The van der Waals surface area contributed by atoms with Gasteiger partial charge in [0.1, 0.15) is 0 Å². The van der Waals surface area contributed by atoms with E-state index in [1.165, 1.54) is 0 Å². The number of nitrogens with one attached hydrogen (secondary N) is 1. The van der Waals surface area contributed by atoms with E-state index in [4.69, 9.17) is 0 Å². The molecule has 1 aliphatic carbocycles. The van der Waals surface area contributed by atoms with Gasteiger partial charge in [-0.15, -0.1) is 0 Å². The van der Waals surface area contributed by atoms with Crippen molar-refractivity contribution < 1.29 is 14.7 Å². The maximum Gasteiger partial charge on any atom is 0.317 e. The predicted molar refractivity (Wildman–Crippen MR) is 78.7 cm³/mol. The van der Waals surface area contributed by atoms with Crippen molar-refractivity contribution in [3.05, 3.63) is 0 Å². The number of unbranched alkanes of at least 4 members (excludes halogenated alkanes) is 1. The average Bonchev–Trinajstić information content (AvgIpc) is 2.46. The third kappa shape index (κ3) is 4.39. The van der Waals surface area contributed by atoms with Gasteiger partial charge >= 0.3 is 12.0 Å². The van der Waals surface area contributed by atoms with Crippen molar-refractivity contribution in [3.8, 4) is 0 Å². The van der Waals surface area contributed by atoms with Crippen LogP contribution in [0.15, 0.2) is 0 Å². The Labute approximate surface area is 121 Å². The second-order valence-electron chi connectivity index (χ2n) is 5.74. The van der Waals surface area contributed by atoms with Crippen molar-refractivity contribution in [1.29, 1.82) is 0 Å². The van der Waals surface area contributed by atoms with Crippen molar-refractivity contribution in [3.63, 3.8) is 0 Å².